The smallest absolute Gasteiger partial charge is 0.254 e. The molecular weight excluding hydrogens is 428 g/mol. The minimum Gasteiger partial charge on any atom is -0.772 e. The van der Waals surface area contributed by atoms with Gasteiger partial charge in [-0.15, -0.1) is 0 Å². The van der Waals surface area contributed by atoms with Gasteiger partial charge in [-0.25, -0.2) is 9.50 Å². The molecule has 2 N–H and O–H groups in total. The molecule has 0 aliphatic heterocycles. The molecule has 0 bridgehead atoms. The maximum absolute atomic E-state index is 12.6. The number of carbonyl (C=O) groups excluding carboxylic acids is 1. The number of rotatable bonds is 9. The van der Waals surface area contributed by atoms with Crippen molar-refractivity contribution < 1.29 is 13.6 Å². The van der Waals surface area contributed by atoms with Crippen molar-refractivity contribution in [2.45, 2.75) is 32.7 Å². The number of pyridine rings is 1. The fourth-order valence-corrected chi connectivity index (χ4v) is 3.47. The molecule has 0 aliphatic rings. The summed E-state index contributed by atoms with van der Waals surface area (Å²) in [6.45, 7) is 4.34. The second-order valence-corrected chi connectivity index (χ2v) is 8.44. The summed E-state index contributed by atoms with van der Waals surface area (Å²) in [6.07, 6.45) is 7.44. The van der Waals surface area contributed by atoms with Crippen molar-refractivity contribution in [2.24, 2.45) is 0 Å². The van der Waals surface area contributed by atoms with Gasteiger partial charge in [-0.3, -0.25) is 14.0 Å². The second-order valence-electron chi connectivity index (χ2n) is 6.98. The van der Waals surface area contributed by atoms with Gasteiger partial charge in [0.15, 0.2) is 5.65 Å². The predicted octanol–water partition coefficient (Wildman–Crippen LogP) is 2.65. The second kappa shape index (κ2) is 9.96. The predicted molar refractivity (Wildman–Crippen MR) is 115 cm³/mol. The zero-order valence-corrected chi connectivity index (χ0v) is 18.2. The molecule has 3 rings (SSSR count). The summed E-state index contributed by atoms with van der Waals surface area (Å²) in [7, 11) is 0. The van der Waals surface area contributed by atoms with Gasteiger partial charge in [-0.05, 0) is 32.8 Å². The van der Waals surface area contributed by atoms with E-state index < -0.39 is 11.1 Å². The molecule has 3 heterocycles. The number of anilines is 1. The lowest BCUT2D eigenvalue weighted by Gasteiger charge is -2.15. The number of hydrogen-bond acceptors (Lipinski definition) is 7. The quantitative estimate of drug-likeness (QED) is 0.380. The van der Waals surface area contributed by atoms with Crippen molar-refractivity contribution in [3.63, 3.8) is 0 Å². The Morgan fingerprint density at radius 1 is 1.27 bits per heavy atom. The van der Waals surface area contributed by atoms with Crippen molar-refractivity contribution in [1.29, 1.82) is 0 Å². The monoisotopic (exact) mass is 449 g/mol. The fraction of sp³-hybridized carbons (Fsp3) is 0.368. The third-order valence-electron chi connectivity index (χ3n) is 4.22. The molecule has 30 heavy (non-hydrogen) atoms. The normalized spacial score (nSPS) is 12.3. The van der Waals surface area contributed by atoms with Crippen LogP contribution < -0.4 is 10.6 Å². The Morgan fingerprint density at radius 2 is 2.07 bits per heavy atom. The molecule has 1 atom stereocenters. The van der Waals surface area contributed by atoms with Crippen LogP contribution in [-0.4, -0.2) is 52.6 Å². The van der Waals surface area contributed by atoms with Crippen molar-refractivity contribution in [3.05, 3.63) is 41.4 Å². The van der Waals surface area contributed by atoms with E-state index in [0.29, 0.717) is 47.0 Å². The van der Waals surface area contributed by atoms with Crippen LogP contribution in [0.1, 0.15) is 37.0 Å². The minimum absolute atomic E-state index is 0.0885. The maximum Gasteiger partial charge on any atom is 0.254 e. The van der Waals surface area contributed by atoms with E-state index in [1.165, 1.54) is 6.20 Å². The minimum atomic E-state index is -2.06. The van der Waals surface area contributed by atoms with Crippen LogP contribution in [0.15, 0.2) is 30.9 Å². The van der Waals surface area contributed by atoms with Crippen LogP contribution in [0.4, 0.5) is 5.69 Å². The highest BCUT2D eigenvalue weighted by Crippen LogP contribution is 2.27. The first-order chi connectivity index (χ1) is 14.3. The number of nitrogens with zero attached hydrogens (tertiary/aromatic N) is 4. The van der Waals surface area contributed by atoms with Gasteiger partial charge in [0.05, 0.1) is 39.9 Å². The third kappa shape index (κ3) is 5.53. The summed E-state index contributed by atoms with van der Waals surface area (Å²) >= 11 is 3.91. The topological polar surface area (TPSA) is 124 Å². The SMILES string of the molecule is CC(C)Nc1cc(-c2cnn3cc(Cl)cnc23)ncc1C(=O)NCCCCS(=O)[O-]. The Morgan fingerprint density at radius 3 is 2.80 bits per heavy atom. The molecule has 0 aromatic carbocycles. The van der Waals surface area contributed by atoms with E-state index in [0.717, 1.165) is 5.56 Å². The molecule has 9 nitrogen and oxygen atoms in total. The van der Waals surface area contributed by atoms with Gasteiger partial charge in [-0.1, -0.05) is 22.7 Å². The van der Waals surface area contributed by atoms with Crippen molar-refractivity contribution in [2.75, 3.05) is 17.6 Å². The molecule has 0 radical (unpaired) electrons. The van der Waals surface area contributed by atoms with Crippen LogP contribution in [0.5, 0.6) is 0 Å². The molecule has 0 saturated heterocycles. The Balaban J connectivity index is 1.82. The number of carbonyl (C=O) groups is 1. The lowest BCUT2D eigenvalue weighted by atomic mass is 10.1. The fourth-order valence-electron chi connectivity index (χ4n) is 2.89. The first kappa shape index (κ1) is 22.1. The first-order valence-corrected chi connectivity index (χ1v) is 11.1. The van der Waals surface area contributed by atoms with Crippen LogP contribution in [-0.2, 0) is 11.1 Å². The van der Waals surface area contributed by atoms with Crippen LogP contribution in [0.25, 0.3) is 16.9 Å². The van der Waals surface area contributed by atoms with Crippen LogP contribution >= 0.6 is 11.6 Å². The molecule has 160 valence electrons. The molecule has 3 aromatic rings. The average molecular weight is 450 g/mol. The summed E-state index contributed by atoms with van der Waals surface area (Å²) < 4.78 is 22.7. The zero-order chi connectivity index (χ0) is 21.7. The third-order valence-corrected chi connectivity index (χ3v) is 5.03. The van der Waals surface area contributed by atoms with E-state index in [9.17, 15) is 13.6 Å². The molecule has 1 unspecified atom stereocenters. The van der Waals surface area contributed by atoms with E-state index in [2.05, 4.69) is 25.7 Å². The summed E-state index contributed by atoms with van der Waals surface area (Å²) in [5, 5.41) is 10.8. The van der Waals surface area contributed by atoms with Crippen LogP contribution in [0.2, 0.25) is 5.02 Å². The van der Waals surface area contributed by atoms with Crippen molar-refractivity contribution in [1.82, 2.24) is 24.9 Å². The Labute approximate surface area is 181 Å². The number of hydrogen-bond donors (Lipinski definition) is 2. The summed E-state index contributed by atoms with van der Waals surface area (Å²) in [6, 6.07) is 1.89. The summed E-state index contributed by atoms with van der Waals surface area (Å²) in [5.41, 5.74) is 3.00. The molecule has 1 amide bonds. The molecule has 0 fully saturated rings. The van der Waals surface area contributed by atoms with E-state index in [-0.39, 0.29) is 17.7 Å². The van der Waals surface area contributed by atoms with Gasteiger partial charge in [0.1, 0.15) is 0 Å². The molecular formula is C19H22ClN6O3S-. The molecule has 3 aromatic heterocycles. The zero-order valence-electron chi connectivity index (χ0n) is 16.6. The lowest BCUT2D eigenvalue weighted by Crippen LogP contribution is -2.26. The van der Waals surface area contributed by atoms with Crippen molar-refractivity contribution >= 4 is 39.9 Å². The average Bonchev–Trinajstić information content (AvgIpc) is 3.09. The maximum atomic E-state index is 12.6. The number of unbranched alkanes of at least 4 members (excludes halogenated alkanes) is 1. The Hall–Kier alpha value is -2.56. The number of nitrogens with one attached hydrogen (secondary N) is 2. The van der Waals surface area contributed by atoms with E-state index >= 15 is 0 Å². The van der Waals surface area contributed by atoms with Gasteiger partial charge in [-0.2, -0.15) is 5.10 Å². The van der Waals surface area contributed by atoms with Crippen LogP contribution in [0, 0.1) is 0 Å². The Kier molecular flexibility index (Phi) is 7.35. The van der Waals surface area contributed by atoms with Gasteiger partial charge < -0.3 is 15.2 Å². The largest absolute Gasteiger partial charge is 0.772 e. The highest BCUT2D eigenvalue weighted by molar-refractivity contribution is 7.79. The number of fused-ring (bicyclic) bond motifs is 1. The van der Waals surface area contributed by atoms with E-state index in [1.807, 2.05) is 13.8 Å². The van der Waals surface area contributed by atoms with E-state index in [4.69, 9.17) is 11.6 Å². The van der Waals surface area contributed by atoms with Gasteiger partial charge >= 0.3 is 0 Å². The standard InChI is InChI=1S/C19H23ClN6O3S/c1-12(2)25-17-7-16(14-10-24-26-11-13(20)8-23-18(14)26)22-9-15(17)19(27)21-5-3-4-6-30(28)29/h7-12H,3-6H2,1-2H3,(H,21,27)(H,22,25)(H,28,29)/p-1. The van der Waals surface area contributed by atoms with Gasteiger partial charge in [0.2, 0.25) is 0 Å². The van der Waals surface area contributed by atoms with Crippen LogP contribution in [0.3, 0.4) is 0 Å². The first-order valence-electron chi connectivity index (χ1n) is 9.45. The molecule has 0 aliphatic carbocycles. The summed E-state index contributed by atoms with van der Waals surface area (Å²) in [4.78, 5) is 21.4. The van der Waals surface area contributed by atoms with Gasteiger partial charge in [0, 0.05) is 30.7 Å². The molecule has 0 saturated carbocycles. The molecule has 0 spiro atoms. The number of halogens is 1. The lowest BCUT2D eigenvalue weighted by molar-refractivity contribution is 0.0953. The molecule has 11 heteroatoms. The van der Waals surface area contributed by atoms with Crippen molar-refractivity contribution in [3.8, 4) is 11.3 Å². The highest BCUT2D eigenvalue weighted by atomic mass is 35.5. The summed E-state index contributed by atoms with van der Waals surface area (Å²) in [5.74, 6) is -0.184. The number of amides is 1. The highest BCUT2D eigenvalue weighted by Gasteiger charge is 2.17. The van der Waals surface area contributed by atoms with Gasteiger partial charge in [0.25, 0.3) is 5.91 Å². The van der Waals surface area contributed by atoms with E-state index in [1.54, 1.807) is 29.2 Å². The Bertz CT molecular complexity index is 1070. The number of aromatic nitrogens is 4.